The van der Waals surface area contributed by atoms with Crippen LogP contribution in [-0.4, -0.2) is 18.6 Å². The highest BCUT2D eigenvalue weighted by atomic mass is 35.5. The van der Waals surface area contributed by atoms with Crippen molar-refractivity contribution < 1.29 is 0 Å². The Bertz CT molecular complexity index is 315. The summed E-state index contributed by atoms with van der Waals surface area (Å²) in [5.41, 5.74) is 5.55. The third-order valence-electron chi connectivity index (χ3n) is 1.77. The van der Waals surface area contributed by atoms with Crippen molar-refractivity contribution in [3.8, 4) is 0 Å². The van der Waals surface area contributed by atoms with Crippen LogP contribution in [0.2, 0.25) is 10.0 Å². The second kappa shape index (κ2) is 4.03. The summed E-state index contributed by atoms with van der Waals surface area (Å²) in [6.07, 6.45) is 0. The molecule has 0 spiro atoms. The van der Waals surface area contributed by atoms with Crippen LogP contribution in [-0.2, 0) is 0 Å². The van der Waals surface area contributed by atoms with E-state index in [9.17, 15) is 0 Å². The van der Waals surface area contributed by atoms with Crippen molar-refractivity contribution >= 4 is 34.8 Å². The van der Waals surface area contributed by atoms with Gasteiger partial charge in [-0.1, -0.05) is 23.2 Å². The molecule has 13 heavy (non-hydrogen) atoms. The van der Waals surface area contributed by atoms with E-state index < -0.39 is 0 Å². The molecule has 0 aliphatic carbocycles. The Morgan fingerprint density at radius 3 is 2.62 bits per heavy atom. The van der Waals surface area contributed by atoms with Gasteiger partial charge in [-0.2, -0.15) is 0 Å². The van der Waals surface area contributed by atoms with Crippen LogP contribution in [0.25, 0.3) is 0 Å². The van der Waals surface area contributed by atoms with Crippen molar-refractivity contribution in [1.82, 2.24) is 4.98 Å². The van der Waals surface area contributed by atoms with E-state index in [4.69, 9.17) is 28.9 Å². The third-order valence-corrected chi connectivity index (χ3v) is 2.35. The molecular weight excluding hydrogens is 209 g/mol. The first kappa shape index (κ1) is 10.4. The number of rotatable bonds is 2. The van der Waals surface area contributed by atoms with Crippen molar-refractivity contribution in [2.24, 2.45) is 0 Å². The van der Waals surface area contributed by atoms with Gasteiger partial charge in [0.1, 0.15) is 11.6 Å². The van der Waals surface area contributed by atoms with Crippen molar-refractivity contribution in [2.75, 3.05) is 24.2 Å². The minimum atomic E-state index is 0.307. The van der Waals surface area contributed by atoms with Crippen molar-refractivity contribution in [3.05, 3.63) is 16.1 Å². The van der Waals surface area contributed by atoms with Gasteiger partial charge in [0.25, 0.3) is 0 Å². The van der Waals surface area contributed by atoms with Gasteiger partial charge in [0, 0.05) is 13.6 Å². The fraction of sp³-hybridized carbons (Fsp3) is 0.375. The highest BCUT2D eigenvalue weighted by molar-refractivity contribution is 6.37. The summed E-state index contributed by atoms with van der Waals surface area (Å²) in [5.74, 6) is 0.965. The van der Waals surface area contributed by atoms with Crippen LogP contribution in [0.5, 0.6) is 0 Å². The molecule has 0 unspecified atom stereocenters. The summed E-state index contributed by atoms with van der Waals surface area (Å²) in [7, 11) is 1.89. The van der Waals surface area contributed by atoms with Crippen LogP contribution in [0.15, 0.2) is 6.07 Å². The fourth-order valence-electron chi connectivity index (χ4n) is 0.888. The normalized spacial score (nSPS) is 10.2. The number of anilines is 2. The lowest BCUT2D eigenvalue weighted by atomic mass is 10.4. The number of aromatic nitrogens is 1. The summed E-state index contributed by atoms with van der Waals surface area (Å²) < 4.78 is 0. The van der Waals surface area contributed by atoms with Gasteiger partial charge in [-0.25, -0.2) is 4.98 Å². The van der Waals surface area contributed by atoms with E-state index in [1.165, 1.54) is 0 Å². The Balaban J connectivity index is 3.15. The lowest BCUT2D eigenvalue weighted by molar-refractivity contribution is 0.940. The van der Waals surface area contributed by atoms with E-state index in [-0.39, 0.29) is 0 Å². The lowest BCUT2D eigenvalue weighted by Crippen LogP contribution is -2.18. The molecule has 0 atom stereocenters. The minimum Gasteiger partial charge on any atom is -0.382 e. The number of hydrogen-bond acceptors (Lipinski definition) is 3. The van der Waals surface area contributed by atoms with Gasteiger partial charge in [0.05, 0.1) is 10.0 Å². The summed E-state index contributed by atoms with van der Waals surface area (Å²) in [5, 5.41) is 0.904. The predicted octanol–water partition coefficient (Wildman–Crippen LogP) is 2.43. The number of nitrogens with two attached hydrogens (primary N) is 1. The van der Waals surface area contributed by atoms with Crippen LogP contribution < -0.4 is 10.6 Å². The monoisotopic (exact) mass is 219 g/mol. The SMILES string of the molecule is CCN(C)c1nc(N)c(Cl)cc1Cl. The molecule has 0 saturated heterocycles. The minimum absolute atomic E-state index is 0.307. The highest BCUT2D eigenvalue weighted by Gasteiger charge is 2.09. The molecule has 1 aromatic heterocycles. The fourth-order valence-corrected chi connectivity index (χ4v) is 1.39. The van der Waals surface area contributed by atoms with Crippen LogP contribution in [0, 0.1) is 0 Å². The first-order valence-electron chi connectivity index (χ1n) is 3.89. The topological polar surface area (TPSA) is 42.2 Å². The molecule has 0 aliphatic rings. The van der Waals surface area contributed by atoms with Crippen molar-refractivity contribution in [2.45, 2.75) is 6.92 Å². The summed E-state index contributed by atoms with van der Waals surface area (Å²) in [6, 6.07) is 1.60. The molecule has 3 nitrogen and oxygen atoms in total. The first-order chi connectivity index (χ1) is 6.06. The lowest BCUT2D eigenvalue weighted by Gasteiger charge is -2.17. The molecule has 0 fully saturated rings. The van der Waals surface area contributed by atoms with E-state index >= 15 is 0 Å². The maximum absolute atomic E-state index is 5.93. The molecule has 1 rings (SSSR count). The zero-order valence-electron chi connectivity index (χ0n) is 7.51. The molecule has 72 valence electrons. The summed E-state index contributed by atoms with van der Waals surface area (Å²) >= 11 is 11.7. The average molecular weight is 220 g/mol. The van der Waals surface area contributed by atoms with Gasteiger partial charge in [-0.15, -0.1) is 0 Å². The maximum atomic E-state index is 5.93. The van der Waals surface area contributed by atoms with Gasteiger partial charge in [-0.3, -0.25) is 0 Å². The second-order valence-corrected chi connectivity index (χ2v) is 3.49. The maximum Gasteiger partial charge on any atom is 0.149 e. The van der Waals surface area contributed by atoms with Crippen LogP contribution >= 0.6 is 23.2 Å². The molecule has 0 amide bonds. The van der Waals surface area contributed by atoms with Gasteiger partial charge in [-0.05, 0) is 13.0 Å². The largest absolute Gasteiger partial charge is 0.382 e. The van der Waals surface area contributed by atoms with E-state index in [1.807, 2.05) is 18.9 Å². The van der Waals surface area contributed by atoms with E-state index in [1.54, 1.807) is 6.07 Å². The Morgan fingerprint density at radius 1 is 1.46 bits per heavy atom. The van der Waals surface area contributed by atoms with Crippen LogP contribution in [0.3, 0.4) is 0 Å². The summed E-state index contributed by atoms with van der Waals surface area (Å²) in [4.78, 5) is 5.98. The molecule has 1 aromatic rings. The van der Waals surface area contributed by atoms with Crippen LogP contribution in [0.4, 0.5) is 11.6 Å². The number of halogens is 2. The summed E-state index contributed by atoms with van der Waals surface area (Å²) in [6.45, 7) is 2.82. The quantitative estimate of drug-likeness (QED) is 0.832. The molecule has 1 heterocycles. The van der Waals surface area contributed by atoms with E-state index in [0.29, 0.717) is 21.7 Å². The molecule has 0 aromatic carbocycles. The third kappa shape index (κ3) is 2.17. The number of hydrogen-bond donors (Lipinski definition) is 1. The standard InChI is InChI=1S/C8H11Cl2N3/c1-3-13(2)8-6(10)4-5(9)7(11)12-8/h4H,3H2,1-2H3,(H2,11,12). The van der Waals surface area contributed by atoms with Crippen molar-refractivity contribution in [3.63, 3.8) is 0 Å². The predicted molar refractivity (Wildman–Crippen MR) is 57.6 cm³/mol. The van der Waals surface area contributed by atoms with Gasteiger partial charge in [0.2, 0.25) is 0 Å². The Hall–Kier alpha value is -0.670. The van der Waals surface area contributed by atoms with Gasteiger partial charge >= 0.3 is 0 Å². The smallest absolute Gasteiger partial charge is 0.149 e. The zero-order valence-corrected chi connectivity index (χ0v) is 9.02. The van der Waals surface area contributed by atoms with Gasteiger partial charge in [0.15, 0.2) is 0 Å². The van der Waals surface area contributed by atoms with Gasteiger partial charge < -0.3 is 10.6 Å². The Labute approximate surface area is 87.5 Å². The first-order valence-corrected chi connectivity index (χ1v) is 4.64. The van der Waals surface area contributed by atoms with Crippen LogP contribution in [0.1, 0.15) is 6.92 Å². The highest BCUT2D eigenvalue weighted by Crippen LogP contribution is 2.28. The molecule has 0 aliphatic heterocycles. The number of nitrogens with zero attached hydrogens (tertiary/aromatic N) is 2. The number of pyridine rings is 1. The second-order valence-electron chi connectivity index (χ2n) is 2.68. The Kier molecular flexibility index (Phi) is 3.22. The average Bonchev–Trinajstić information content (AvgIpc) is 2.10. The molecule has 0 bridgehead atoms. The van der Waals surface area contributed by atoms with Crippen molar-refractivity contribution in [1.29, 1.82) is 0 Å². The molecule has 0 radical (unpaired) electrons. The molecule has 5 heteroatoms. The van der Waals surface area contributed by atoms with E-state index in [2.05, 4.69) is 4.98 Å². The van der Waals surface area contributed by atoms with E-state index in [0.717, 1.165) is 6.54 Å². The molecule has 2 N–H and O–H groups in total. The Morgan fingerprint density at radius 2 is 2.08 bits per heavy atom. The molecule has 0 saturated carbocycles. The number of nitrogen functional groups attached to an aromatic ring is 1. The zero-order chi connectivity index (χ0) is 10.0. The molecular formula is C8H11Cl2N3.